The van der Waals surface area contributed by atoms with Crippen LogP contribution >= 0.6 is 0 Å². The van der Waals surface area contributed by atoms with Crippen LogP contribution < -0.4 is 10.1 Å². The molecule has 2 heterocycles. The lowest BCUT2D eigenvalue weighted by molar-refractivity contribution is -0.117. The Labute approximate surface area is 175 Å². The van der Waals surface area contributed by atoms with Gasteiger partial charge in [-0.15, -0.1) is 0 Å². The second kappa shape index (κ2) is 8.55. The maximum Gasteiger partial charge on any atom is 0.238 e. The number of ketones is 1. The minimum absolute atomic E-state index is 0.0631. The van der Waals surface area contributed by atoms with Gasteiger partial charge in [0.05, 0.1) is 19.3 Å². The molecule has 0 saturated carbocycles. The second-order valence-electron chi connectivity index (χ2n) is 7.48. The van der Waals surface area contributed by atoms with E-state index in [9.17, 15) is 9.59 Å². The lowest BCUT2D eigenvalue weighted by Gasteiger charge is -2.25. The lowest BCUT2D eigenvalue weighted by Crippen LogP contribution is -2.36. The molecule has 1 aromatic heterocycles. The maximum absolute atomic E-state index is 12.5. The Hall–Kier alpha value is -3.38. The molecule has 0 unspecified atom stereocenters. The number of hydrogen-bond acceptors (Lipinski definition) is 4. The summed E-state index contributed by atoms with van der Waals surface area (Å²) in [6.07, 6.45) is 5.08. The maximum atomic E-state index is 12.5. The number of benzene rings is 2. The van der Waals surface area contributed by atoms with Crippen molar-refractivity contribution in [2.75, 3.05) is 32.1 Å². The summed E-state index contributed by atoms with van der Waals surface area (Å²) in [6.45, 7) is 3.29. The molecule has 154 valence electrons. The average Bonchev–Trinajstić information content (AvgIpc) is 3.17. The minimum Gasteiger partial charge on any atom is -0.497 e. The first-order valence-corrected chi connectivity index (χ1v) is 10.0. The van der Waals surface area contributed by atoms with Crippen LogP contribution in [0.25, 0.3) is 16.5 Å². The number of methoxy groups -OCH3 is 1. The molecular weight excluding hydrogens is 378 g/mol. The molecule has 4 rings (SSSR count). The van der Waals surface area contributed by atoms with Gasteiger partial charge >= 0.3 is 0 Å². The van der Waals surface area contributed by atoms with E-state index in [1.807, 2.05) is 30.5 Å². The topological polar surface area (TPSA) is 74.4 Å². The van der Waals surface area contributed by atoms with E-state index in [0.29, 0.717) is 17.8 Å². The van der Waals surface area contributed by atoms with E-state index in [0.717, 1.165) is 29.6 Å². The Kier molecular flexibility index (Phi) is 5.68. The summed E-state index contributed by atoms with van der Waals surface area (Å²) in [7, 11) is 1.67. The van der Waals surface area contributed by atoms with Crippen LogP contribution in [0, 0.1) is 0 Å². The molecule has 0 spiro atoms. The van der Waals surface area contributed by atoms with Gasteiger partial charge in [0.15, 0.2) is 5.78 Å². The molecule has 0 bridgehead atoms. The molecule has 0 radical (unpaired) electrons. The van der Waals surface area contributed by atoms with Gasteiger partial charge in [0.25, 0.3) is 0 Å². The van der Waals surface area contributed by atoms with Gasteiger partial charge in [0.2, 0.25) is 5.91 Å². The molecular formula is C24H25N3O3. The average molecular weight is 403 g/mol. The van der Waals surface area contributed by atoms with E-state index in [-0.39, 0.29) is 18.2 Å². The smallest absolute Gasteiger partial charge is 0.238 e. The first kappa shape index (κ1) is 19.9. The Morgan fingerprint density at radius 1 is 1.20 bits per heavy atom. The normalized spacial score (nSPS) is 14.4. The van der Waals surface area contributed by atoms with Crippen molar-refractivity contribution in [3.05, 3.63) is 65.9 Å². The van der Waals surface area contributed by atoms with Crippen molar-refractivity contribution in [3.8, 4) is 5.75 Å². The summed E-state index contributed by atoms with van der Waals surface area (Å²) < 4.78 is 5.36. The van der Waals surface area contributed by atoms with Gasteiger partial charge in [-0.2, -0.15) is 0 Å². The fraction of sp³-hybridized carbons (Fsp3) is 0.250. The molecule has 30 heavy (non-hydrogen) atoms. The number of para-hydroxylation sites is 1. The third kappa shape index (κ3) is 4.14. The van der Waals surface area contributed by atoms with Crippen LogP contribution in [-0.2, 0) is 4.79 Å². The van der Waals surface area contributed by atoms with Gasteiger partial charge in [-0.25, -0.2) is 0 Å². The van der Waals surface area contributed by atoms with E-state index in [4.69, 9.17) is 4.74 Å². The summed E-state index contributed by atoms with van der Waals surface area (Å²) in [5.41, 5.74) is 4.63. The molecule has 0 aliphatic carbocycles. The summed E-state index contributed by atoms with van der Waals surface area (Å²) >= 11 is 0. The zero-order chi connectivity index (χ0) is 21.1. The van der Waals surface area contributed by atoms with Crippen molar-refractivity contribution in [2.45, 2.75) is 13.3 Å². The Bertz CT molecular complexity index is 1130. The van der Waals surface area contributed by atoms with E-state index in [1.165, 1.54) is 18.1 Å². The summed E-state index contributed by atoms with van der Waals surface area (Å²) in [5, 5.41) is 4.02. The quantitative estimate of drug-likeness (QED) is 0.608. The number of carbonyl (C=O) groups is 2. The van der Waals surface area contributed by atoms with Crippen molar-refractivity contribution in [1.29, 1.82) is 0 Å². The number of nitrogens with one attached hydrogen (secondary N) is 2. The monoisotopic (exact) mass is 403 g/mol. The standard InChI is InChI=1S/C24H25N3O3/c1-16(28)19-5-3-4-6-23(19)26-24(29)15-27-11-9-17(10-12-27)21-14-25-22-8-7-18(30-2)13-20(21)22/h3-9,13-14,25H,10-12,15H2,1-2H3,(H,26,29). The predicted octanol–water partition coefficient (Wildman–Crippen LogP) is 4.11. The highest BCUT2D eigenvalue weighted by molar-refractivity contribution is 6.04. The van der Waals surface area contributed by atoms with E-state index in [2.05, 4.69) is 21.3 Å². The van der Waals surface area contributed by atoms with Gasteiger partial charge in [-0.3, -0.25) is 14.5 Å². The number of fused-ring (bicyclic) bond motifs is 1. The molecule has 0 atom stereocenters. The number of amides is 1. The van der Waals surface area contributed by atoms with E-state index < -0.39 is 0 Å². The fourth-order valence-corrected chi connectivity index (χ4v) is 3.88. The van der Waals surface area contributed by atoms with Crippen LogP contribution in [0.3, 0.4) is 0 Å². The Balaban J connectivity index is 1.42. The zero-order valence-electron chi connectivity index (χ0n) is 17.2. The molecule has 6 nitrogen and oxygen atoms in total. The van der Waals surface area contributed by atoms with Crippen molar-refractivity contribution in [2.24, 2.45) is 0 Å². The molecule has 2 aromatic carbocycles. The van der Waals surface area contributed by atoms with Crippen molar-refractivity contribution in [1.82, 2.24) is 9.88 Å². The van der Waals surface area contributed by atoms with Crippen LogP contribution in [0.5, 0.6) is 5.75 Å². The number of carbonyl (C=O) groups excluding carboxylic acids is 2. The number of hydrogen-bond donors (Lipinski definition) is 2. The molecule has 3 aromatic rings. The van der Waals surface area contributed by atoms with Crippen molar-refractivity contribution in [3.63, 3.8) is 0 Å². The van der Waals surface area contributed by atoms with Crippen LogP contribution in [-0.4, -0.2) is 48.3 Å². The lowest BCUT2D eigenvalue weighted by atomic mass is 9.99. The van der Waals surface area contributed by atoms with Crippen LogP contribution in [0.15, 0.2) is 54.7 Å². The molecule has 1 aliphatic rings. The minimum atomic E-state index is -0.114. The van der Waals surface area contributed by atoms with Gasteiger partial charge in [0, 0.05) is 41.3 Å². The van der Waals surface area contributed by atoms with E-state index >= 15 is 0 Å². The number of aromatic amines is 1. The van der Waals surface area contributed by atoms with Crippen LogP contribution in [0.2, 0.25) is 0 Å². The predicted molar refractivity (Wildman–Crippen MR) is 119 cm³/mol. The highest BCUT2D eigenvalue weighted by Crippen LogP contribution is 2.31. The summed E-state index contributed by atoms with van der Waals surface area (Å²) in [5.74, 6) is 0.660. The highest BCUT2D eigenvalue weighted by Gasteiger charge is 2.18. The first-order valence-electron chi connectivity index (χ1n) is 10.0. The Morgan fingerprint density at radius 2 is 2.03 bits per heavy atom. The first-order chi connectivity index (χ1) is 14.5. The second-order valence-corrected chi connectivity index (χ2v) is 7.48. The van der Waals surface area contributed by atoms with E-state index in [1.54, 1.807) is 25.3 Å². The molecule has 2 N–H and O–H groups in total. The largest absolute Gasteiger partial charge is 0.497 e. The number of Topliss-reactive ketones (excluding diaryl/α,β-unsaturated/α-hetero) is 1. The van der Waals surface area contributed by atoms with Crippen molar-refractivity contribution < 1.29 is 14.3 Å². The summed E-state index contributed by atoms with van der Waals surface area (Å²) in [6, 6.07) is 13.1. The zero-order valence-corrected chi connectivity index (χ0v) is 17.2. The fourth-order valence-electron chi connectivity index (χ4n) is 3.88. The third-order valence-electron chi connectivity index (χ3n) is 5.48. The number of nitrogens with zero attached hydrogens (tertiary/aromatic N) is 1. The highest BCUT2D eigenvalue weighted by atomic mass is 16.5. The summed E-state index contributed by atoms with van der Waals surface area (Å²) in [4.78, 5) is 29.7. The number of anilines is 1. The van der Waals surface area contributed by atoms with Gasteiger partial charge in [0.1, 0.15) is 5.75 Å². The number of ether oxygens (including phenoxy) is 1. The molecule has 1 amide bonds. The van der Waals surface area contributed by atoms with Crippen LogP contribution in [0.1, 0.15) is 29.3 Å². The molecule has 6 heteroatoms. The molecule has 0 saturated heterocycles. The number of rotatable bonds is 6. The number of aromatic nitrogens is 1. The third-order valence-corrected chi connectivity index (χ3v) is 5.48. The van der Waals surface area contributed by atoms with Crippen LogP contribution in [0.4, 0.5) is 5.69 Å². The van der Waals surface area contributed by atoms with Gasteiger partial charge in [-0.1, -0.05) is 18.2 Å². The molecule has 0 fully saturated rings. The Morgan fingerprint density at radius 3 is 2.77 bits per heavy atom. The molecule has 1 aliphatic heterocycles. The van der Waals surface area contributed by atoms with Gasteiger partial charge < -0.3 is 15.0 Å². The van der Waals surface area contributed by atoms with Crippen molar-refractivity contribution >= 4 is 33.9 Å². The number of H-pyrrole nitrogens is 1. The van der Waals surface area contributed by atoms with Gasteiger partial charge in [-0.05, 0) is 49.2 Å². The SMILES string of the molecule is COc1ccc2[nH]cc(C3=CCN(CC(=O)Nc4ccccc4C(C)=O)CC3)c2c1.